The summed E-state index contributed by atoms with van der Waals surface area (Å²) in [6, 6.07) is 6.04. The van der Waals surface area contributed by atoms with E-state index in [1.54, 1.807) is 4.90 Å². The van der Waals surface area contributed by atoms with Crippen molar-refractivity contribution in [1.29, 1.82) is 0 Å². The number of carbonyl (C=O) groups is 1. The van der Waals surface area contributed by atoms with Crippen LogP contribution in [0.2, 0.25) is 0 Å². The summed E-state index contributed by atoms with van der Waals surface area (Å²) < 4.78 is 5.27. The molecule has 0 spiro atoms. The van der Waals surface area contributed by atoms with Gasteiger partial charge in [0.25, 0.3) is 5.91 Å². The normalized spacial score (nSPS) is 17.3. The van der Waals surface area contributed by atoms with Gasteiger partial charge in [0.2, 0.25) is 0 Å². The Hall–Kier alpha value is -3.00. The number of aryl methyl sites for hydroxylation is 2. The molecule has 1 N–H and O–H groups in total. The first-order valence-electron chi connectivity index (χ1n) is 9.33. The molecule has 3 aromatic rings. The Morgan fingerprint density at radius 1 is 1.46 bits per heavy atom. The van der Waals surface area contributed by atoms with Crippen molar-refractivity contribution in [3.63, 3.8) is 0 Å². The Bertz CT molecular complexity index is 1020. The first-order valence-corrected chi connectivity index (χ1v) is 9.33. The molecule has 0 radical (unpaired) electrons. The van der Waals surface area contributed by atoms with Crippen molar-refractivity contribution in [1.82, 2.24) is 24.9 Å². The van der Waals surface area contributed by atoms with Crippen LogP contribution in [0.15, 0.2) is 27.7 Å². The highest BCUT2D eigenvalue weighted by Crippen LogP contribution is 2.29. The Balaban J connectivity index is 1.58. The van der Waals surface area contributed by atoms with Crippen LogP contribution >= 0.6 is 0 Å². The molecule has 1 saturated heterocycles. The van der Waals surface area contributed by atoms with Gasteiger partial charge >= 0.3 is 0 Å². The molecule has 1 aliphatic heterocycles. The highest BCUT2D eigenvalue weighted by molar-refractivity contribution is 5.95. The van der Waals surface area contributed by atoms with Gasteiger partial charge in [-0.05, 0) is 44.7 Å². The number of imidazole rings is 1. The Labute approximate surface area is 163 Å². The molecule has 1 atom stereocenters. The number of benzene rings is 1. The molecule has 1 amide bonds. The van der Waals surface area contributed by atoms with Gasteiger partial charge in [0, 0.05) is 31.7 Å². The number of likely N-dealkylation sites (tertiary alicyclic amines) is 1. The average molecular weight is 380 g/mol. The maximum atomic E-state index is 12.9. The van der Waals surface area contributed by atoms with Crippen LogP contribution in [0.25, 0.3) is 22.2 Å². The third-order valence-corrected chi connectivity index (χ3v) is 5.42. The van der Waals surface area contributed by atoms with Crippen LogP contribution in [-0.4, -0.2) is 70.4 Å². The molecule has 0 bridgehead atoms. The van der Waals surface area contributed by atoms with Gasteiger partial charge in [-0.1, -0.05) is 11.2 Å². The minimum Gasteiger partial charge on any atom is -0.361 e. The number of nitrogens with zero attached hydrogens (tertiary/aromatic N) is 5. The van der Waals surface area contributed by atoms with Gasteiger partial charge in [-0.15, -0.1) is 0 Å². The van der Waals surface area contributed by atoms with Crippen LogP contribution < -0.4 is 0 Å². The molecule has 28 heavy (non-hydrogen) atoms. The summed E-state index contributed by atoms with van der Waals surface area (Å²) in [6.45, 7) is 9.67. The number of hydrogen-bond donors (Lipinski definition) is 1. The van der Waals surface area contributed by atoms with Gasteiger partial charge in [0.05, 0.1) is 23.4 Å². The first-order chi connectivity index (χ1) is 13.5. The first kappa shape index (κ1) is 18.4. The third kappa shape index (κ3) is 3.20. The van der Waals surface area contributed by atoms with E-state index in [-0.39, 0.29) is 11.9 Å². The summed E-state index contributed by atoms with van der Waals surface area (Å²) in [4.78, 5) is 28.5. The standard InChI is InChI=1S/C20H24N6O2/c1-12-18(13(2)28-24-12)14-5-6-16-17(9-14)23-19(22-16)20(27)25(4)15-7-8-26(10-15)11-21-3/h5-6,9,15H,3,7-8,10-11H2,1-2,4H3,(H,22,23)/t15-/m1/s1. The molecular formula is C20H24N6O2. The fourth-order valence-corrected chi connectivity index (χ4v) is 3.89. The minimum atomic E-state index is -0.103. The van der Waals surface area contributed by atoms with Gasteiger partial charge in [-0.3, -0.25) is 14.7 Å². The molecule has 1 aromatic carbocycles. The second-order valence-electron chi connectivity index (χ2n) is 7.32. The zero-order valence-corrected chi connectivity index (χ0v) is 16.4. The van der Waals surface area contributed by atoms with Gasteiger partial charge in [0.15, 0.2) is 5.82 Å². The van der Waals surface area contributed by atoms with Crippen LogP contribution in [-0.2, 0) is 0 Å². The number of hydrogen-bond acceptors (Lipinski definition) is 6. The van der Waals surface area contributed by atoms with Crippen LogP contribution in [0.5, 0.6) is 0 Å². The molecule has 8 heteroatoms. The largest absolute Gasteiger partial charge is 0.361 e. The summed E-state index contributed by atoms with van der Waals surface area (Å²) in [5, 5.41) is 4.01. The SMILES string of the molecule is C=NCN1CC[C@@H](N(C)C(=O)c2nc3cc(-c4c(C)noc4C)ccc3[nH]2)C1. The summed E-state index contributed by atoms with van der Waals surface area (Å²) in [5.41, 5.74) is 4.36. The van der Waals surface area contributed by atoms with E-state index in [0.717, 1.165) is 53.1 Å². The van der Waals surface area contributed by atoms with Crippen LogP contribution in [0.3, 0.4) is 0 Å². The fraction of sp³-hybridized carbons (Fsp3) is 0.400. The zero-order valence-electron chi connectivity index (χ0n) is 16.4. The van der Waals surface area contributed by atoms with Crippen molar-refractivity contribution in [2.45, 2.75) is 26.3 Å². The van der Waals surface area contributed by atoms with E-state index in [9.17, 15) is 4.79 Å². The molecule has 2 aromatic heterocycles. The van der Waals surface area contributed by atoms with E-state index in [0.29, 0.717) is 12.5 Å². The zero-order chi connectivity index (χ0) is 19.8. The molecule has 0 aliphatic carbocycles. The number of aromatic nitrogens is 3. The topological polar surface area (TPSA) is 90.6 Å². The number of amides is 1. The Morgan fingerprint density at radius 3 is 3.00 bits per heavy atom. The number of H-pyrrole nitrogens is 1. The van der Waals surface area contributed by atoms with E-state index in [1.165, 1.54) is 0 Å². The van der Waals surface area contributed by atoms with Crippen LogP contribution in [0.1, 0.15) is 28.5 Å². The lowest BCUT2D eigenvalue weighted by Crippen LogP contribution is -2.39. The summed E-state index contributed by atoms with van der Waals surface area (Å²) in [5.74, 6) is 1.02. The predicted octanol–water partition coefficient (Wildman–Crippen LogP) is 2.64. The molecule has 4 rings (SSSR count). The molecular weight excluding hydrogens is 356 g/mol. The number of likely N-dealkylation sites (N-methyl/N-ethyl adjacent to an activating group) is 1. The van der Waals surface area contributed by atoms with Crippen LogP contribution in [0.4, 0.5) is 0 Å². The lowest BCUT2D eigenvalue weighted by molar-refractivity contribution is 0.0725. The number of carbonyl (C=O) groups excluding carboxylic acids is 1. The average Bonchev–Trinajstić information content (AvgIpc) is 3.39. The number of nitrogens with one attached hydrogen (secondary N) is 1. The van der Waals surface area contributed by atoms with Crippen LogP contribution in [0, 0.1) is 13.8 Å². The number of aromatic amines is 1. The third-order valence-electron chi connectivity index (χ3n) is 5.42. The van der Waals surface area contributed by atoms with Crippen molar-refractivity contribution in [2.75, 3.05) is 26.8 Å². The molecule has 0 unspecified atom stereocenters. The molecule has 146 valence electrons. The van der Waals surface area contributed by atoms with Gasteiger partial charge < -0.3 is 14.4 Å². The molecule has 1 aliphatic rings. The number of fused-ring (bicyclic) bond motifs is 1. The molecule has 8 nitrogen and oxygen atoms in total. The second kappa shape index (κ2) is 7.20. The monoisotopic (exact) mass is 380 g/mol. The van der Waals surface area contributed by atoms with Gasteiger partial charge in [0.1, 0.15) is 5.76 Å². The summed E-state index contributed by atoms with van der Waals surface area (Å²) in [6.07, 6.45) is 0.925. The fourth-order valence-electron chi connectivity index (χ4n) is 3.89. The number of rotatable bonds is 5. The van der Waals surface area contributed by atoms with E-state index in [2.05, 4.69) is 31.7 Å². The molecule has 3 heterocycles. The van der Waals surface area contributed by atoms with E-state index < -0.39 is 0 Å². The van der Waals surface area contributed by atoms with E-state index in [4.69, 9.17) is 4.52 Å². The van der Waals surface area contributed by atoms with Crippen molar-refractivity contribution in [3.05, 3.63) is 35.5 Å². The van der Waals surface area contributed by atoms with Crippen molar-refractivity contribution < 1.29 is 9.32 Å². The quantitative estimate of drug-likeness (QED) is 0.687. The predicted molar refractivity (Wildman–Crippen MR) is 108 cm³/mol. The summed E-state index contributed by atoms with van der Waals surface area (Å²) >= 11 is 0. The lowest BCUT2D eigenvalue weighted by Gasteiger charge is -2.23. The Morgan fingerprint density at radius 2 is 2.29 bits per heavy atom. The Kier molecular flexibility index (Phi) is 4.72. The molecule has 1 fully saturated rings. The van der Waals surface area contributed by atoms with Gasteiger partial charge in [-0.2, -0.15) is 0 Å². The molecule has 0 saturated carbocycles. The van der Waals surface area contributed by atoms with Gasteiger partial charge in [-0.25, -0.2) is 4.98 Å². The van der Waals surface area contributed by atoms with E-state index >= 15 is 0 Å². The van der Waals surface area contributed by atoms with Crippen molar-refractivity contribution >= 4 is 23.7 Å². The maximum Gasteiger partial charge on any atom is 0.289 e. The lowest BCUT2D eigenvalue weighted by atomic mass is 10.0. The summed E-state index contributed by atoms with van der Waals surface area (Å²) in [7, 11) is 1.83. The minimum absolute atomic E-state index is 0.103. The van der Waals surface area contributed by atoms with Crippen molar-refractivity contribution in [3.8, 4) is 11.1 Å². The highest BCUT2D eigenvalue weighted by atomic mass is 16.5. The smallest absolute Gasteiger partial charge is 0.289 e. The maximum absolute atomic E-state index is 12.9. The number of aliphatic imine (C=N–C) groups is 1. The highest BCUT2D eigenvalue weighted by Gasteiger charge is 2.29. The van der Waals surface area contributed by atoms with Crippen molar-refractivity contribution in [2.24, 2.45) is 4.99 Å². The van der Waals surface area contributed by atoms with E-state index in [1.807, 2.05) is 39.1 Å². The second-order valence-corrected chi connectivity index (χ2v) is 7.32.